The van der Waals surface area contributed by atoms with E-state index >= 15 is 0 Å². The quantitative estimate of drug-likeness (QED) is 0.743. The predicted octanol–water partition coefficient (Wildman–Crippen LogP) is 3.69. The summed E-state index contributed by atoms with van der Waals surface area (Å²) in [6, 6.07) is 2.07. The van der Waals surface area contributed by atoms with Gasteiger partial charge >= 0.3 is 12.4 Å². The zero-order valence-electron chi connectivity index (χ0n) is 9.80. The van der Waals surface area contributed by atoms with Gasteiger partial charge in [0.25, 0.3) is 5.97 Å². The second-order valence-electron chi connectivity index (χ2n) is 3.39. The zero-order chi connectivity index (χ0) is 16.1. The van der Waals surface area contributed by atoms with Gasteiger partial charge in [0.05, 0.1) is 22.8 Å². The summed E-state index contributed by atoms with van der Waals surface area (Å²) in [7, 11) is 0. The lowest BCUT2D eigenvalue weighted by molar-refractivity contribution is -0.143. The van der Waals surface area contributed by atoms with Crippen LogP contribution in [-0.4, -0.2) is 11.1 Å². The maximum atomic E-state index is 12.3. The summed E-state index contributed by atoms with van der Waals surface area (Å²) in [6.07, 6.45) is -9.85. The van der Waals surface area contributed by atoms with Gasteiger partial charge in [0.1, 0.15) is 0 Å². The number of halogens is 6. The van der Waals surface area contributed by atoms with E-state index in [1.807, 2.05) is 0 Å². The van der Waals surface area contributed by atoms with Crippen LogP contribution in [0.3, 0.4) is 0 Å². The normalized spacial score (nSPS) is 11.1. The summed E-state index contributed by atoms with van der Waals surface area (Å²) in [6.45, 7) is 1.08. The Labute approximate surface area is 109 Å². The number of carboxylic acid groups (broad SMARTS) is 1. The minimum atomic E-state index is -4.98. The average Bonchev–Trinajstić information content (AvgIpc) is 2.25. The minimum absolute atomic E-state index is 0.0709. The summed E-state index contributed by atoms with van der Waals surface area (Å²) in [4.78, 5) is 9.00. The van der Waals surface area contributed by atoms with Crippen molar-refractivity contribution in [1.82, 2.24) is 0 Å². The molecule has 0 spiro atoms. The molecule has 20 heavy (non-hydrogen) atoms. The third-order valence-corrected chi connectivity index (χ3v) is 1.77. The van der Waals surface area contributed by atoms with Crippen LogP contribution in [0.4, 0.5) is 26.3 Å². The Hall–Kier alpha value is -2.24. The van der Waals surface area contributed by atoms with Gasteiger partial charge in [0.2, 0.25) is 0 Å². The Kier molecular flexibility index (Phi) is 5.57. The van der Waals surface area contributed by atoms with E-state index in [-0.39, 0.29) is 6.07 Å². The fourth-order valence-electron chi connectivity index (χ4n) is 1.05. The number of alkyl halides is 6. The number of carboxylic acids is 1. The van der Waals surface area contributed by atoms with Crippen LogP contribution in [0.25, 0.3) is 0 Å². The number of hydrogen-bond donors (Lipinski definition) is 1. The number of aliphatic carboxylic acids is 1. The Bertz CT molecular complexity index is 523. The maximum absolute atomic E-state index is 12.3. The highest BCUT2D eigenvalue weighted by Gasteiger charge is 2.38. The molecule has 3 nitrogen and oxygen atoms in total. The molecule has 0 bridgehead atoms. The number of carbonyl (C=O) groups is 1. The highest BCUT2D eigenvalue weighted by atomic mass is 19.4. The molecule has 1 rings (SSSR count). The molecule has 0 heterocycles. The lowest BCUT2D eigenvalue weighted by Gasteiger charge is -2.12. The molecule has 0 atom stereocenters. The van der Waals surface area contributed by atoms with Crippen LogP contribution in [0.2, 0.25) is 0 Å². The van der Waals surface area contributed by atoms with E-state index in [4.69, 9.17) is 15.2 Å². The van der Waals surface area contributed by atoms with Gasteiger partial charge in [-0.15, -0.1) is 0 Å². The molecule has 0 saturated heterocycles. The van der Waals surface area contributed by atoms with Crippen molar-refractivity contribution in [3.63, 3.8) is 0 Å². The molecule has 9 heteroatoms. The van der Waals surface area contributed by atoms with E-state index in [9.17, 15) is 26.3 Å². The second kappa shape index (κ2) is 6.27. The van der Waals surface area contributed by atoms with Gasteiger partial charge in [-0.25, -0.2) is 0 Å². The van der Waals surface area contributed by atoms with Gasteiger partial charge in [-0.05, 0) is 18.2 Å². The number of benzene rings is 1. The van der Waals surface area contributed by atoms with E-state index in [1.165, 1.54) is 6.07 Å². The molecule has 0 fully saturated rings. The van der Waals surface area contributed by atoms with E-state index in [0.29, 0.717) is 12.1 Å². The molecule has 1 aromatic carbocycles. The van der Waals surface area contributed by atoms with Gasteiger partial charge in [0.15, 0.2) is 0 Å². The topological polar surface area (TPSA) is 61.1 Å². The van der Waals surface area contributed by atoms with E-state index in [0.717, 1.165) is 6.92 Å². The van der Waals surface area contributed by atoms with Crippen molar-refractivity contribution >= 4 is 5.97 Å². The molecule has 0 saturated carbocycles. The fraction of sp³-hybridized carbons (Fsp3) is 0.273. The van der Waals surface area contributed by atoms with Crippen LogP contribution in [0.15, 0.2) is 18.2 Å². The molecule has 0 unspecified atom stereocenters. The van der Waals surface area contributed by atoms with Gasteiger partial charge < -0.3 is 5.11 Å². The number of nitriles is 1. The monoisotopic (exact) mass is 299 g/mol. The first-order valence-electron chi connectivity index (χ1n) is 4.77. The molecule has 0 radical (unpaired) electrons. The third kappa shape index (κ3) is 5.60. The van der Waals surface area contributed by atoms with Crippen LogP contribution >= 0.6 is 0 Å². The van der Waals surface area contributed by atoms with E-state index < -0.39 is 35.0 Å². The Balaban J connectivity index is 0.000000796. The van der Waals surface area contributed by atoms with Crippen LogP contribution in [0.1, 0.15) is 23.6 Å². The lowest BCUT2D eigenvalue weighted by Crippen LogP contribution is -2.12. The van der Waals surface area contributed by atoms with E-state index in [2.05, 4.69) is 0 Å². The summed E-state index contributed by atoms with van der Waals surface area (Å²) >= 11 is 0. The smallest absolute Gasteiger partial charge is 0.417 e. The van der Waals surface area contributed by atoms with E-state index in [1.54, 1.807) is 0 Å². The van der Waals surface area contributed by atoms with Crippen molar-refractivity contribution in [2.24, 2.45) is 0 Å². The Morgan fingerprint density at radius 3 is 1.90 bits per heavy atom. The summed E-state index contributed by atoms with van der Waals surface area (Å²) in [5.41, 5.74) is -3.84. The van der Waals surface area contributed by atoms with Gasteiger partial charge in [-0.2, -0.15) is 31.6 Å². The number of hydrogen-bond acceptors (Lipinski definition) is 2. The van der Waals surface area contributed by atoms with Crippen molar-refractivity contribution in [2.45, 2.75) is 19.3 Å². The van der Waals surface area contributed by atoms with Crippen molar-refractivity contribution in [3.05, 3.63) is 34.9 Å². The molecular formula is C11H7F6NO2. The Morgan fingerprint density at radius 2 is 1.60 bits per heavy atom. The maximum Gasteiger partial charge on any atom is 0.417 e. The molecule has 0 aliphatic heterocycles. The first-order valence-corrected chi connectivity index (χ1v) is 4.77. The second-order valence-corrected chi connectivity index (χ2v) is 3.39. The van der Waals surface area contributed by atoms with Crippen LogP contribution < -0.4 is 0 Å². The highest BCUT2D eigenvalue weighted by Crippen LogP contribution is 2.36. The fourth-order valence-corrected chi connectivity index (χ4v) is 1.05. The number of nitrogens with zero attached hydrogens (tertiary/aromatic N) is 1. The molecule has 0 amide bonds. The Morgan fingerprint density at radius 1 is 1.15 bits per heavy atom. The largest absolute Gasteiger partial charge is 0.481 e. The molecule has 1 aromatic rings. The first-order chi connectivity index (χ1) is 8.89. The van der Waals surface area contributed by atoms with Gasteiger partial charge in [-0.3, -0.25) is 4.79 Å². The average molecular weight is 299 g/mol. The zero-order valence-corrected chi connectivity index (χ0v) is 9.80. The molecule has 0 aromatic heterocycles. The van der Waals surface area contributed by atoms with Crippen LogP contribution in [0, 0.1) is 11.3 Å². The van der Waals surface area contributed by atoms with Gasteiger partial charge in [-0.1, -0.05) is 0 Å². The molecule has 0 aliphatic carbocycles. The SMILES string of the molecule is CC(=O)O.N#Cc1ccc(C(F)(F)F)cc1C(F)(F)F. The standard InChI is InChI=1S/C9H3F6N.C2H4O2/c10-8(11,12)6-2-1-5(4-16)7(3-6)9(13,14)15;1-2(3)4/h1-3H;1H3,(H,3,4). The third-order valence-electron chi connectivity index (χ3n) is 1.77. The van der Waals surface area contributed by atoms with Crippen molar-refractivity contribution in [2.75, 3.05) is 0 Å². The van der Waals surface area contributed by atoms with Crippen LogP contribution in [0.5, 0.6) is 0 Å². The molecule has 110 valence electrons. The highest BCUT2D eigenvalue weighted by molar-refractivity contribution is 5.62. The summed E-state index contributed by atoms with van der Waals surface area (Å²) < 4.78 is 73.3. The first kappa shape index (κ1) is 17.8. The van der Waals surface area contributed by atoms with Crippen molar-refractivity contribution in [1.29, 1.82) is 5.26 Å². The van der Waals surface area contributed by atoms with Crippen molar-refractivity contribution < 1.29 is 36.2 Å². The molecule has 1 N–H and O–H groups in total. The van der Waals surface area contributed by atoms with Crippen LogP contribution in [-0.2, 0) is 17.1 Å². The minimum Gasteiger partial charge on any atom is -0.481 e. The summed E-state index contributed by atoms with van der Waals surface area (Å²) in [5.74, 6) is -0.833. The molecular weight excluding hydrogens is 292 g/mol. The lowest BCUT2D eigenvalue weighted by atomic mass is 10.0. The van der Waals surface area contributed by atoms with Crippen molar-refractivity contribution in [3.8, 4) is 6.07 Å². The summed E-state index contributed by atoms with van der Waals surface area (Å²) in [5, 5.41) is 15.8. The molecule has 0 aliphatic rings. The van der Waals surface area contributed by atoms with Gasteiger partial charge in [0, 0.05) is 6.92 Å². The predicted molar refractivity (Wildman–Crippen MR) is 54.5 cm³/mol. The number of rotatable bonds is 0.